The van der Waals surface area contributed by atoms with Gasteiger partial charge < -0.3 is 14.8 Å². The van der Waals surface area contributed by atoms with E-state index in [1.807, 2.05) is 50.5 Å². The van der Waals surface area contributed by atoms with E-state index < -0.39 is 17.7 Å². The summed E-state index contributed by atoms with van der Waals surface area (Å²) in [6.45, 7) is 4.15. The van der Waals surface area contributed by atoms with Crippen LogP contribution in [0, 0.1) is 18.6 Å². The fraction of sp³-hybridized carbons (Fsp3) is 0.345. The number of carbonyl (C=O) groups is 1. The summed E-state index contributed by atoms with van der Waals surface area (Å²) >= 11 is 0. The Balaban J connectivity index is 1.39. The van der Waals surface area contributed by atoms with Gasteiger partial charge in [0.15, 0.2) is 11.6 Å². The first-order valence-corrected chi connectivity index (χ1v) is 13.3. The van der Waals surface area contributed by atoms with Gasteiger partial charge in [0.1, 0.15) is 18.3 Å². The van der Waals surface area contributed by atoms with Crippen LogP contribution in [-0.2, 0) is 16.5 Å². The Bertz CT molecular complexity index is 1490. The van der Waals surface area contributed by atoms with Gasteiger partial charge in [-0.3, -0.25) is 14.9 Å². The van der Waals surface area contributed by atoms with Gasteiger partial charge in [0.2, 0.25) is 0 Å². The normalized spacial score (nSPS) is 17.2. The third kappa shape index (κ3) is 6.45. The van der Waals surface area contributed by atoms with Crippen LogP contribution >= 0.6 is 0 Å². The van der Waals surface area contributed by atoms with Gasteiger partial charge in [-0.2, -0.15) is 10.2 Å². The standard InChI is InChI=1S/C29H33F2N7O3/c1-19-27(21-14-32-36(2)15-21)35-38(22-7-5-4-6-8-22)28(19)34-29(39)33-26-17-37(11-12-41-18-40-3)16-23(26)20-9-10-24(30)25(31)13-20/h4-10,13-15,23,26H,11-12,16-18H2,1-3H3,(H2,33,34,39)/t23-,26+/m0/s1. The first-order valence-electron chi connectivity index (χ1n) is 13.3. The SMILES string of the molecule is COCOCCN1C[C@@H](NC(=O)Nc2c(C)c(-c3cnn(C)c3)nn2-c2ccccc2)[C@H](c2ccc(F)c(F)c2)C1. The van der Waals surface area contributed by atoms with Crippen molar-refractivity contribution in [3.63, 3.8) is 0 Å². The predicted octanol–water partition coefficient (Wildman–Crippen LogP) is 4.07. The average molecular weight is 566 g/mol. The second kappa shape index (κ2) is 12.6. The predicted molar refractivity (Wildman–Crippen MR) is 150 cm³/mol. The highest BCUT2D eigenvalue weighted by Crippen LogP contribution is 2.31. The molecule has 12 heteroatoms. The molecule has 216 valence electrons. The maximum atomic E-state index is 14.2. The van der Waals surface area contributed by atoms with Crippen LogP contribution in [0.25, 0.3) is 16.9 Å². The number of anilines is 1. The average Bonchev–Trinajstić information content (AvgIpc) is 3.66. The quantitative estimate of drug-likeness (QED) is 0.222. The molecule has 0 radical (unpaired) electrons. The molecule has 0 bridgehead atoms. The first kappa shape index (κ1) is 28.4. The summed E-state index contributed by atoms with van der Waals surface area (Å²) in [5.74, 6) is -1.57. The van der Waals surface area contributed by atoms with Gasteiger partial charge in [0.25, 0.3) is 0 Å². The van der Waals surface area contributed by atoms with E-state index in [9.17, 15) is 13.6 Å². The molecule has 2 aromatic carbocycles. The summed E-state index contributed by atoms with van der Waals surface area (Å²) < 4.78 is 41.6. The van der Waals surface area contributed by atoms with Crippen molar-refractivity contribution in [2.45, 2.75) is 18.9 Å². The van der Waals surface area contributed by atoms with Gasteiger partial charge in [0.05, 0.1) is 24.5 Å². The van der Waals surface area contributed by atoms with Gasteiger partial charge in [-0.1, -0.05) is 24.3 Å². The minimum Gasteiger partial charge on any atom is -0.359 e. The van der Waals surface area contributed by atoms with Crippen molar-refractivity contribution in [3.05, 3.63) is 83.7 Å². The number of hydrogen-bond acceptors (Lipinski definition) is 6. The highest BCUT2D eigenvalue weighted by atomic mass is 19.2. The molecule has 1 saturated heterocycles. The first-order chi connectivity index (χ1) is 19.8. The van der Waals surface area contributed by atoms with E-state index in [1.54, 1.807) is 28.7 Å². The summed E-state index contributed by atoms with van der Waals surface area (Å²) in [6, 6.07) is 12.6. The Labute approximate surface area is 236 Å². The van der Waals surface area contributed by atoms with Gasteiger partial charge in [-0.05, 0) is 36.8 Å². The molecular formula is C29H33F2N7O3. The number of benzene rings is 2. The number of amides is 2. The molecule has 10 nitrogen and oxygen atoms in total. The van der Waals surface area contributed by atoms with Crippen LogP contribution in [0.5, 0.6) is 0 Å². The molecule has 0 spiro atoms. The minimum absolute atomic E-state index is 0.181. The number of aromatic nitrogens is 4. The number of rotatable bonds is 10. The van der Waals surface area contributed by atoms with Crippen LogP contribution in [0.2, 0.25) is 0 Å². The number of methoxy groups -OCH3 is 1. The molecule has 2 atom stereocenters. The number of halogens is 2. The zero-order valence-electron chi connectivity index (χ0n) is 23.2. The van der Waals surface area contributed by atoms with E-state index in [0.717, 1.165) is 22.9 Å². The number of nitrogens with zero attached hydrogens (tertiary/aromatic N) is 5. The van der Waals surface area contributed by atoms with Crippen LogP contribution < -0.4 is 10.6 Å². The van der Waals surface area contributed by atoms with E-state index in [4.69, 9.17) is 14.6 Å². The topological polar surface area (TPSA) is 98.5 Å². The molecule has 1 aliphatic heterocycles. The number of aryl methyl sites for hydroxylation is 1. The van der Waals surface area contributed by atoms with E-state index in [-0.39, 0.29) is 18.8 Å². The number of carbonyl (C=O) groups excluding carboxylic acids is 1. The molecule has 1 fully saturated rings. The summed E-state index contributed by atoms with van der Waals surface area (Å²) in [5.41, 5.74) is 3.68. The van der Waals surface area contributed by atoms with Crippen molar-refractivity contribution in [3.8, 4) is 16.9 Å². The molecule has 5 rings (SSSR count). The highest BCUT2D eigenvalue weighted by molar-refractivity contribution is 5.91. The summed E-state index contributed by atoms with van der Waals surface area (Å²) in [5, 5.41) is 15.1. The Kier molecular flexibility index (Phi) is 8.72. The fourth-order valence-corrected chi connectivity index (χ4v) is 5.16. The van der Waals surface area contributed by atoms with Gasteiger partial charge in [-0.15, -0.1) is 0 Å². The lowest BCUT2D eigenvalue weighted by molar-refractivity contribution is -0.0353. The zero-order chi connectivity index (χ0) is 28.9. The minimum atomic E-state index is -0.919. The molecule has 1 aliphatic rings. The summed E-state index contributed by atoms with van der Waals surface area (Å²) in [7, 11) is 3.39. The molecule has 0 unspecified atom stereocenters. The second-order valence-electron chi connectivity index (χ2n) is 10.0. The van der Waals surface area contributed by atoms with Crippen LogP contribution in [0.15, 0.2) is 60.9 Å². The van der Waals surface area contributed by atoms with Crippen molar-refractivity contribution in [1.29, 1.82) is 0 Å². The number of para-hydroxylation sites is 1. The van der Waals surface area contributed by atoms with Crippen molar-refractivity contribution >= 4 is 11.8 Å². The Morgan fingerprint density at radius 1 is 1.12 bits per heavy atom. The molecule has 2 N–H and O–H groups in total. The van der Waals surface area contributed by atoms with Gasteiger partial charge >= 0.3 is 6.03 Å². The van der Waals surface area contributed by atoms with E-state index in [0.29, 0.717) is 43.3 Å². The number of nitrogens with one attached hydrogen (secondary N) is 2. The van der Waals surface area contributed by atoms with E-state index in [1.165, 1.54) is 6.07 Å². The summed E-state index contributed by atoms with van der Waals surface area (Å²) in [4.78, 5) is 15.6. The van der Waals surface area contributed by atoms with E-state index in [2.05, 4.69) is 20.6 Å². The Hall–Kier alpha value is -4.13. The number of likely N-dealkylation sites (tertiary alicyclic amines) is 1. The van der Waals surface area contributed by atoms with Crippen molar-refractivity contribution in [2.24, 2.45) is 7.05 Å². The maximum absolute atomic E-state index is 14.2. The molecule has 0 aliphatic carbocycles. The zero-order valence-corrected chi connectivity index (χ0v) is 23.2. The van der Waals surface area contributed by atoms with Gasteiger partial charge in [-0.25, -0.2) is 18.3 Å². The highest BCUT2D eigenvalue weighted by Gasteiger charge is 2.35. The molecule has 4 aromatic rings. The number of hydrogen-bond donors (Lipinski definition) is 2. The lowest BCUT2D eigenvalue weighted by Gasteiger charge is -2.21. The third-order valence-corrected chi connectivity index (χ3v) is 7.17. The lowest BCUT2D eigenvalue weighted by atomic mass is 9.94. The van der Waals surface area contributed by atoms with Crippen LogP contribution in [0.3, 0.4) is 0 Å². The monoisotopic (exact) mass is 565 g/mol. The number of ether oxygens (including phenoxy) is 2. The van der Waals surface area contributed by atoms with Crippen molar-refractivity contribution < 1.29 is 23.0 Å². The molecule has 0 saturated carbocycles. The Morgan fingerprint density at radius 2 is 1.93 bits per heavy atom. The molecule has 2 aromatic heterocycles. The fourth-order valence-electron chi connectivity index (χ4n) is 5.16. The van der Waals surface area contributed by atoms with Crippen LogP contribution in [-0.4, -0.2) is 76.7 Å². The Morgan fingerprint density at radius 3 is 2.63 bits per heavy atom. The number of urea groups is 1. The molecule has 3 heterocycles. The lowest BCUT2D eigenvalue weighted by Crippen LogP contribution is -2.42. The second-order valence-corrected chi connectivity index (χ2v) is 10.0. The van der Waals surface area contributed by atoms with Crippen molar-refractivity contribution in [2.75, 3.05) is 45.5 Å². The van der Waals surface area contributed by atoms with Crippen LogP contribution in [0.4, 0.5) is 19.4 Å². The molecular weight excluding hydrogens is 532 g/mol. The summed E-state index contributed by atoms with van der Waals surface area (Å²) in [6.07, 6.45) is 3.59. The van der Waals surface area contributed by atoms with Crippen molar-refractivity contribution in [1.82, 2.24) is 29.8 Å². The largest absolute Gasteiger partial charge is 0.359 e. The smallest absolute Gasteiger partial charge is 0.320 e. The maximum Gasteiger partial charge on any atom is 0.320 e. The molecule has 2 amide bonds. The van der Waals surface area contributed by atoms with Gasteiger partial charge in [0, 0.05) is 57.0 Å². The van der Waals surface area contributed by atoms with Crippen LogP contribution in [0.1, 0.15) is 17.0 Å². The third-order valence-electron chi connectivity index (χ3n) is 7.17. The molecule has 41 heavy (non-hydrogen) atoms. The van der Waals surface area contributed by atoms with E-state index >= 15 is 0 Å².